The molecular weight excluding hydrogens is 416 g/mol. The van der Waals surface area contributed by atoms with Gasteiger partial charge < -0.3 is 13.9 Å². The van der Waals surface area contributed by atoms with Crippen molar-refractivity contribution in [2.24, 2.45) is 5.14 Å². The molecule has 1 unspecified atom stereocenters. The minimum Gasteiger partial charge on any atom is -0.490 e. The highest BCUT2D eigenvalue weighted by molar-refractivity contribution is 7.89. The van der Waals surface area contributed by atoms with Crippen molar-refractivity contribution in [3.63, 3.8) is 0 Å². The zero-order valence-corrected chi connectivity index (χ0v) is 17.3. The summed E-state index contributed by atoms with van der Waals surface area (Å²) < 4.78 is 41.7. The second-order valence-corrected chi connectivity index (χ2v) is 8.93. The summed E-state index contributed by atoms with van der Waals surface area (Å²) in [6.07, 6.45) is 1.96. The van der Waals surface area contributed by atoms with Crippen LogP contribution in [-0.2, 0) is 10.0 Å². The number of para-hydroxylation sites is 1. The molecule has 2 atom stereocenters. The van der Waals surface area contributed by atoms with Crippen LogP contribution in [0.5, 0.6) is 11.5 Å². The summed E-state index contributed by atoms with van der Waals surface area (Å²) in [5.74, 6) is 1.26. The van der Waals surface area contributed by atoms with Crippen molar-refractivity contribution in [3.05, 3.63) is 84.4 Å². The van der Waals surface area contributed by atoms with E-state index < -0.39 is 10.0 Å². The summed E-state index contributed by atoms with van der Waals surface area (Å²) >= 11 is 0. The summed E-state index contributed by atoms with van der Waals surface area (Å²) in [4.78, 5) is 4.54. The standard InChI is InChI=1S/C23H20N2O5S/c24-31(26,27)16-8-9-19-21(14-16)28-12-10-20(30-19)23(17-6-3-4-11-25-17)22-13-15-5-1-2-7-18(15)29-22/h1-9,11,13-14,20,23H,10,12H2,(H2,24,26,27)/t20?,23-/m1/s1. The van der Waals surface area contributed by atoms with Gasteiger partial charge in [0, 0.05) is 24.1 Å². The molecule has 7 nitrogen and oxygen atoms in total. The maximum Gasteiger partial charge on any atom is 0.238 e. The lowest BCUT2D eigenvalue weighted by Crippen LogP contribution is -2.27. The van der Waals surface area contributed by atoms with Gasteiger partial charge in [0.1, 0.15) is 17.4 Å². The third-order valence-corrected chi connectivity index (χ3v) is 6.22. The smallest absolute Gasteiger partial charge is 0.238 e. The van der Waals surface area contributed by atoms with Crippen LogP contribution < -0.4 is 14.6 Å². The number of rotatable bonds is 4. The summed E-state index contributed by atoms with van der Waals surface area (Å²) in [6, 6.07) is 19.9. The van der Waals surface area contributed by atoms with Gasteiger partial charge in [0.25, 0.3) is 0 Å². The molecule has 158 valence electrons. The summed E-state index contributed by atoms with van der Waals surface area (Å²) in [7, 11) is -3.84. The first-order valence-electron chi connectivity index (χ1n) is 9.85. The number of aromatic nitrogens is 1. The lowest BCUT2D eigenvalue weighted by atomic mass is 9.92. The van der Waals surface area contributed by atoms with Gasteiger partial charge >= 0.3 is 0 Å². The number of nitrogens with two attached hydrogens (primary N) is 1. The van der Waals surface area contributed by atoms with Gasteiger partial charge in [-0.1, -0.05) is 24.3 Å². The van der Waals surface area contributed by atoms with E-state index in [-0.39, 0.29) is 16.9 Å². The van der Waals surface area contributed by atoms with Crippen molar-refractivity contribution in [2.75, 3.05) is 6.61 Å². The van der Waals surface area contributed by atoms with Gasteiger partial charge in [0.05, 0.1) is 23.1 Å². The molecule has 0 spiro atoms. The van der Waals surface area contributed by atoms with E-state index in [2.05, 4.69) is 4.98 Å². The van der Waals surface area contributed by atoms with E-state index >= 15 is 0 Å². The molecule has 0 bridgehead atoms. The lowest BCUT2D eigenvalue weighted by molar-refractivity contribution is 0.163. The van der Waals surface area contributed by atoms with Gasteiger partial charge in [0.15, 0.2) is 11.5 Å². The van der Waals surface area contributed by atoms with E-state index in [0.29, 0.717) is 24.5 Å². The third-order valence-electron chi connectivity index (χ3n) is 5.31. The molecule has 0 saturated heterocycles. The van der Waals surface area contributed by atoms with Gasteiger partial charge in [-0.25, -0.2) is 13.6 Å². The molecule has 0 fully saturated rings. The van der Waals surface area contributed by atoms with E-state index in [9.17, 15) is 8.42 Å². The molecule has 0 amide bonds. The largest absolute Gasteiger partial charge is 0.490 e. The van der Waals surface area contributed by atoms with Crippen LogP contribution in [-0.4, -0.2) is 26.1 Å². The van der Waals surface area contributed by atoms with Crippen LogP contribution >= 0.6 is 0 Å². The highest BCUT2D eigenvalue weighted by Gasteiger charge is 2.33. The second kappa shape index (κ2) is 7.72. The van der Waals surface area contributed by atoms with E-state index in [1.165, 1.54) is 12.1 Å². The number of primary sulfonamides is 1. The van der Waals surface area contributed by atoms with Crippen LogP contribution in [0, 0.1) is 0 Å². The molecule has 0 saturated carbocycles. The maximum atomic E-state index is 11.7. The molecule has 0 radical (unpaired) electrons. The number of pyridine rings is 1. The Labute approximate surface area is 179 Å². The summed E-state index contributed by atoms with van der Waals surface area (Å²) in [5.41, 5.74) is 1.61. The minimum absolute atomic E-state index is 0.0214. The first kappa shape index (κ1) is 19.6. The fourth-order valence-corrected chi connectivity index (χ4v) is 4.38. The van der Waals surface area contributed by atoms with Crippen molar-refractivity contribution >= 4 is 21.0 Å². The number of ether oxygens (including phenoxy) is 2. The molecule has 31 heavy (non-hydrogen) atoms. The van der Waals surface area contributed by atoms with E-state index in [1.807, 2.05) is 48.5 Å². The number of nitrogens with zero attached hydrogens (tertiary/aromatic N) is 1. The molecule has 5 rings (SSSR count). The van der Waals surface area contributed by atoms with Crippen LogP contribution in [0.15, 0.2) is 82.2 Å². The Morgan fingerprint density at radius 1 is 1.00 bits per heavy atom. The molecule has 2 N–H and O–H groups in total. The highest BCUT2D eigenvalue weighted by atomic mass is 32.2. The monoisotopic (exact) mass is 436 g/mol. The van der Waals surface area contributed by atoms with Crippen molar-refractivity contribution in [1.82, 2.24) is 4.98 Å². The molecule has 1 aliphatic heterocycles. The second-order valence-electron chi connectivity index (χ2n) is 7.37. The zero-order chi connectivity index (χ0) is 21.4. The number of hydrogen-bond acceptors (Lipinski definition) is 6. The van der Waals surface area contributed by atoms with Crippen LogP contribution in [0.25, 0.3) is 11.0 Å². The molecule has 2 aromatic carbocycles. The van der Waals surface area contributed by atoms with Crippen LogP contribution in [0.4, 0.5) is 0 Å². The predicted molar refractivity (Wildman–Crippen MR) is 115 cm³/mol. The number of sulfonamides is 1. The van der Waals surface area contributed by atoms with Crippen LogP contribution in [0.3, 0.4) is 0 Å². The normalized spacial score (nSPS) is 17.3. The molecule has 4 aromatic rings. The maximum absolute atomic E-state index is 11.7. The molecule has 1 aliphatic rings. The summed E-state index contributed by atoms with van der Waals surface area (Å²) in [5, 5.41) is 6.25. The average molecular weight is 436 g/mol. The third kappa shape index (κ3) is 3.87. The van der Waals surface area contributed by atoms with Gasteiger partial charge in [-0.15, -0.1) is 0 Å². The van der Waals surface area contributed by atoms with Gasteiger partial charge in [-0.3, -0.25) is 4.98 Å². The number of furan rings is 1. The van der Waals surface area contributed by atoms with Crippen LogP contribution in [0.2, 0.25) is 0 Å². The zero-order valence-electron chi connectivity index (χ0n) is 16.5. The Balaban J connectivity index is 1.57. The van der Waals surface area contributed by atoms with Crippen molar-refractivity contribution in [3.8, 4) is 11.5 Å². The van der Waals surface area contributed by atoms with Crippen molar-refractivity contribution < 1.29 is 22.3 Å². The van der Waals surface area contributed by atoms with E-state index in [4.69, 9.17) is 19.0 Å². The SMILES string of the molecule is NS(=O)(=O)c1ccc2c(c1)OCCC([C@@H](c1ccccn1)c1cc3ccccc3o1)O2. The first-order valence-corrected chi connectivity index (χ1v) is 11.4. The Morgan fingerprint density at radius 3 is 2.61 bits per heavy atom. The molecule has 0 aliphatic carbocycles. The fourth-order valence-electron chi connectivity index (χ4n) is 3.85. The number of fused-ring (bicyclic) bond motifs is 2. The molecule has 3 heterocycles. The van der Waals surface area contributed by atoms with Crippen molar-refractivity contribution in [1.29, 1.82) is 0 Å². The molecular formula is C23H20N2O5S. The predicted octanol–water partition coefficient (Wildman–Crippen LogP) is 3.84. The first-order chi connectivity index (χ1) is 15.0. The quantitative estimate of drug-likeness (QED) is 0.521. The molecule has 2 aromatic heterocycles. The summed E-state index contributed by atoms with van der Waals surface area (Å²) in [6.45, 7) is 0.343. The topological polar surface area (TPSA) is 105 Å². The number of hydrogen-bond donors (Lipinski definition) is 1. The Bertz CT molecular complexity index is 1300. The lowest BCUT2D eigenvalue weighted by Gasteiger charge is -2.24. The molecule has 8 heteroatoms. The fraction of sp³-hybridized carbons (Fsp3) is 0.174. The Hall–Kier alpha value is -3.36. The highest BCUT2D eigenvalue weighted by Crippen LogP contribution is 2.39. The van der Waals surface area contributed by atoms with Gasteiger partial charge in [-0.2, -0.15) is 0 Å². The average Bonchev–Trinajstić information content (AvgIpc) is 3.06. The minimum atomic E-state index is -3.84. The van der Waals surface area contributed by atoms with Crippen LogP contribution in [0.1, 0.15) is 23.8 Å². The van der Waals surface area contributed by atoms with E-state index in [0.717, 1.165) is 22.4 Å². The van der Waals surface area contributed by atoms with Crippen molar-refractivity contribution in [2.45, 2.75) is 23.3 Å². The Kier molecular flexibility index (Phi) is 4.88. The van der Waals surface area contributed by atoms with Gasteiger partial charge in [-0.05, 0) is 36.4 Å². The van der Waals surface area contributed by atoms with E-state index in [1.54, 1.807) is 12.3 Å². The number of benzene rings is 2. The Morgan fingerprint density at radius 2 is 1.84 bits per heavy atom. The van der Waals surface area contributed by atoms with Gasteiger partial charge in [0.2, 0.25) is 10.0 Å².